The van der Waals surface area contributed by atoms with Gasteiger partial charge in [0.15, 0.2) is 0 Å². The highest BCUT2D eigenvalue weighted by Crippen LogP contribution is 2.19. The predicted molar refractivity (Wildman–Crippen MR) is 106 cm³/mol. The van der Waals surface area contributed by atoms with Crippen molar-refractivity contribution in [2.24, 2.45) is 0 Å². The summed E-state index contributed by atoms with van der Waals surface area (Å²) in [5, 5.41) is 6.96. The maximum absolute atomic E-state index is 4.53. The van der Waals surface area contributed by atoms with Crippen molar-refractivity contribution >= 4 is 10.8 Å². The molecular weight excluding hydrogens is 322 g/mol. The van der Waals surface area contributed by atoms with Crippen molar-refractivity contribution in [1.29, 1.82) is 0 Å². The largest absolute Gasteiger partial charge is 0.304 e. The fraction of sp³-hybridized carbons (Fsp3) is 0.429. The molecule has 1 unspecified atom stereocenters. The Morgan fingerprint density at radius 1 is 1.00 bits per heavy atom. The van der Waals surface area contributed by atoms with Gasteiger partial charge in [0.1, 0.15) is 12.2 Å². The standard InChI is InChI=1S/C21H27N5/c1-17(25-13-11-24(2)12-14-25)7-10-21-22-16-23-26(21)20-9-8-18-5-3-4-6-19(18)15-20/h3-6,8-9,15-17H,7,10-14H2,1-2H3. The summed E-state index contributed by atoms with van der Waals surface area (Å²) in [5.74, 6) is 1.04. The molecule has 0 saturated carbocycles. The smallest absolute Gasteiger partial charge is 0.138 e. The van der Waals surface area contributed by atoms with Crippen LogP contribution in [0.25, 0.3) is 16.5 Å². The van der Waals surface area contributed by atoms with Gasteiger partial charge in [-0.15, -0.1) is 0 Å². The number of hydrogen-bond acceptors (Lipinski definition) is 4. The van der Waals surface area contributed by atoms with Crippen molar-refractivity contribution in [1.82, 2.24) is 24.6 Å². The Morgan fingerprint density at radius 3 is 2.58 bits per heavy atom. The molecule has 5 heteroatoms. The van der Waals surface area contributed by atoms with Gasteiger partial charge >= 0.3 is 0 Å². The Morgan fingerprint density at radius 2 is 1.77 bits per heavy atom. The summed E-state index contributed by atoms with van der Waals surface area (Å²) in [6.45, 7) is 6.99. The third-order valence-electron chi connectivity index (χ3n) is 5.54. The van der Waals surface area contributed by atoms with Gasteiger partial charge in [-0.25, -0.2) is 9.67 Å². The lowest BCUT2D eigenvalue weighted by Gasteiger charge is -2.36. The number of nitrogens with zero attached hydrogens (tertiary/aromatic N) is 5. The van der Waals surface area contributed by atoms with Crippen molar-refractivity contribution in [3.05, 3.63) is 54.6 Å². The third kappa shape index (κ3) is 3.64. The van der Waals surface area contributed by atoms with E-state index in [9.17, 15) is 0 Å². The Bertz CT molecular complexity index is 863. The number of fused-ring (bicyclic) bond motifs is 1. The number of benzene rings is 2. The zero-order chi connectivity index (χ0) is 17.9. The topological polar surface area (TPSA) is 37.2 Å². The highest BCUT2D eigenvalue weighted by atomic mass is 15.3. The number of rotatable bonds is 5. The minimum atomic E-state index is 0.574. The van der Waals surface area contributed by atoms with E-state index in [0.29, 0.717) is 6.04 Å². The first-order chi connectivity index (χ1) is 12.7. The first kappa shape index (κ1) is 17.2. The Kier molecular flexibility index (Phi) is 5.00. The van der Waals surface area contributed by atoms with Crippen LogP contribution in [0.1, 0.15) is 19.2 Å². The van der Waals surface area contributed by atoms with Crippen molar-refractivity contribution in [3.8, 4) is 5.69 Å². The SMILES string of the molecule is CC(CCc1ncnn1-c1ccc2ccccc2c1)N1CCN(C)CC1. The summed E-state index contributed by atoms with van der Waals surface area (Å²) in [4.78, 5) is 9.52. The molecule has 1 fully saturated rings. The van der Waals surface area contributed by atoms with E-state index in [1.54, 1.807) is 6.33 Å². The zero-order valence-corrected chi connectivity index (χ0v) is 15.7. The van der Waals surface area contributed by atoms with E-state index in [1.807, 2.05) is 4.68 Å². The molecule has 1 aromatic heterocycles. The van der Waals surface area contributed by atoms with Gasteiger partial charge in [0.05, 0.1) is 5.69 Å². The van der Waals surface area contributed by atoms with Crippen LogP contribution in [0, 0.1) is 0 Å². The molecule has 3 aromatic rings. The Hall–Kier alpha value is -2.24. The van der Waals surface area contributed by atoms with Gasteiger partial charge in [-0.2, -0.15) is 5.10 Å². The van der Waals surface area contributed by atoms with Gasteiger partial charge in [0.25, 0.3) is 0 Å². The molecular formula is C21H27N5. The Labute approximate surface area is 155 Å². The van der Waals surface area contributed by atoms with E-state index in [4.69, 9.17) is 0 Å². The van der Waals surface area contributed by atoms with Gasteiger partial charge < -0.3 is 4.90 Å². The average Bonchev–Trinajstić information content (AvgIpc) is 3.15. The summed E-state index contributed by atoms with van der Waals surface area (Å²) < 4.78 is 1.99. The molecule has 2 aromatic carbocycles. The van der Waals surface area contributed by atoms with E-state index < -0.39 is 0 Å². The second-order valence-corrected chi connectivity index (χ2v) is 7.35. The van der Waals surface area contributed by atoms with E-state index in [1.165, 1.54) is 10.8 Å². The number of hydrogen-bond donors (Lipinski definition) is 0. The minimum absolute atomic E-state index is 0.574. The van der Waals surface area contributed by atoms with Crippen LogP contribution in [0.3, 0.4) is 0 Å². The van der Waals surface area contributed by atoms with E-state index in [2.05, 4.69) is 76.3 Å². The molecule has 1 aliphatic rings. The van der Waals surface area contributed by atoms with Crippen LogP contribution < -0.4 is 0 Å². The molecule has 1 aliphatic heterocycles. The normalized spacial score (nSPS) is 17.6. The van der Waals surface area contributed by atoms with Crippen LogP contribution in [-0.2, 0) is 6.42 Å². The van der Waals surface area contributed by atoms with Crippen molar-refractivity contribution in [2.45, 2.75) is 25.8 Å². The predicted octanol–water partition coefficient (Wildman–Crippen LogP) is 2.99. The summed E-state index contributed by atoms with van der Waals surface area (Å²) in [7, 11) is 2.20. The molecule has 0 amide bonds. The van der Waals surface area contributed by atoms with Gasteiger partial charge in [-0.05, 0) is 43.3 Å². The van der Waals surface area contributed by atoms with Crippen LogP contribution in [0.15, 0.2) is 48.8 Å². The lowest BCUT2D eigenvalue weighted by atomic mass is 10.1. The van der Waals surface area contributed by atoms with E-state index in [0.717, 1.165) is 50.5 Å². The maximum Gasteiger partial charge on any atom is 0.138 e. The molecule has 4 rings (SSSR count). The number of aromatic nitrogens is 3. The molecule has 0 aliphatic carbocycles. The van der Waals surface area contributed by atoms with Crippen LogP contribution in [0.5, 0.6) is 0 Å². The van der Waals surface area contributed by atoms with E-state index >= 15 is 0 Å². The number of piperazine rings is 1. The quantitative estimate of drug-likeness (QED) is 0.710. The number of likely N-dealkylation sites (N-methyl/N-ethyl adjacent to an activating group) is 1. The maximum atomic E-state index is 4.53. The summed E-state index contributed by atoms with van der Waals surface area (Å²) >= 11 is 0. The highest BCUT2D eigenvalue weighted by Gasteiger charge is 2.19. The first-order valence-electron chi connectivity index (χ1n) is 9.51. The van der Waals surface area contributed by atoms with Gasteiger partial charge in [-0.3, -0.25) is 4.90 Å². The third-order valence-corrected chi connectivity index (χ3v) is 5.54. The molecule has 1 saturated heterocycles. The Balaban J connectivity index is 1.46. The van der Waals surface area contributed by atoms with Crippen molar-refractivity contribution in [3.63, 3.8) is 0 Å². The fourth-order valence-electron chi connectivity index (χ4n) is 3.74. The minimum Gasteiger partial charge on any atom is -0.304 e. The lowest BCUT2D eigenvalue weighted by molar-refractivity contribution is 0.114. The van der Waals surface area contributed by atoms with Gasteiger partial charge in [0, 0.05) is 38.6 Å². The second kappa shape index (κ2) is 7.56. The molecule has 0 radical (unpaired) electrons. The van der Waals surface area contributed by atoms with E-state index in [-0.39, 0.29) is 0 Å². The lowest BCUT2D eigenvalue weighted by Crippen LogP contribution is -2.48. The van der Waals surface area contributed by atoms with Crippen LogP contribution in [0.4, 0.5) is 0 Å². The zero-order valence-electron chi connectivity index (χ0n) is 15.7. The van der Waals surface area contributed by atoms with Crippen LogP contribution in [-0.4, -0.2) is 63.8 Å². The molecule has 5 nitrogen and oxygen atoms in total. The van der Waals surface area contributed by atoms with Crippen LogP contribution in [0.2, 0.25) is 0 Å². The molecule has 136 valence electrons. The average molecular weight is 349 g/mol. The van der Waals surface area contributed by atoms with Crippen LogP contribution >= 0.6 is 0 Å². The molecule has 1 atom stereocenters. The van der Waals surface area contributed by atoms with Crippen molar-refractivity contribution in [2.75, 3.05) is 33.2 Å². The highest BCUT2D eigenvalue weighted by molar-refractivity contribution is 5.84. The number of aryl methyl sites for hydroxylation is 1. The summed E-state index contributed by atoms with van der Waals surface area (Å²) in [5.41, 5.74) is 1.09. The molecule has 2 heterocycles. The molecule has 0 spiro atoms. The molecule has 0 N–H and O–H groups in total. The van der Waals surface area contributed by atoms with Gasteiger partial charge in [0.2, 0.25) is 0 Å². The van der Waals surface area contributed by atoms with Gasteiger partial charge in [-0.1, -0.05) is 30.3 Å². The summed E-state index contributed by atoms with van der Waals surface area (Å²) in [6, 6.07) is 15.5. The first-order valence-corrected chi connectivity index (χ1v) is 9.51. The molecule has 0 bridgehead atoms. The monoisotopic (exact) mass is 349 g/mol. The van der Waals surface area contributed by atoms with Crippen molar-refractivity contribution < 1.29 is 0 Å². The fourth-order valence-corrected chi connectivity index (χ4v) is 3.74. The second-order valence-electron chi connectivity index (χ2n) is 7.35. The summed E-state index contributed by atoms with van der Waals surface area (Å²) in [6.07, 6.45) is 3.72. The molecule has 26 heavy (non-hydrogen) atoms.